The van der Waals surface area contributed by atoms with Crippen LogP contribution in [0.15, 0.2) is 27.8 Å². The predicted octanol–water partition coefficient (Wildman–Crippen LogP) is 1.33. The van der Waals surface area contributed by atoms with Crippen molar-refractivity contribution < 1.29 is 13.2 Å². The highest BCUT2D eigenvalue weighted by Crippen LogP contribution is 2.20. The summed E-state index contributed by atoms with van der Waals surface area (Å²) in [6.45, 7) is 5.17. The Labute approximate surface area is 133 Å². The number of nitrogens with zero attached hydrogens (tertiary/aromatic N) is 3. The van der Waals surface area contributed by atoms with Crippen LogP contribution in [0.4, 0.5) is 0 Å². The Bertz CT molecular complexity index is 625. The maximum Gasteiger partial charge on any atom is 0.244 e. The van der Waals surface area contributed by atoms with E-state index in [0.717, 1.165) is 0 Å². The number of hydrogen-bond donors (Lipinski definition) is 0. The molecule has 1 aliphatic heterocycles. The molecule has 0 spiro atoms. The Kier molecular flexibility index (Phi) is 5.00. The van der Waals surface area contributed by atoms with Gasteiger partial charge < -0.3 is 4.90 Å². The van der Waals surface area contributed by atoms with Crippen LogP contribution >= 0.6 is 15.9 Å². The second-order valence-corrected chi connectivity index (χ2v) is 8.08. The lowest BCUT2D eigenvalue weighted by Crippen LogP contribution is -2.51. The van der Waals surface area contributed by atoms with Crippen LogP contribution in [0.2, 0.25) is 0 Å². The summed E-state index contributed by atoms with van der Waals surface area (Å²) >= 11 is 3.22. The Hall–Kier alpha value is -0.990. The van der Waals surface area contributed by atoms with Crippen LogP contribution in [0, 0.1) is 5.92 Å². The summed E-state index contributed by atoms with van der Waals surface area (Å²) in [4.78, 5) is 17.7. The molecule has 0 atom stereocenters. The highest BCUT2D eigenvalue weighted by molar-refractivity contribution is 9.10. The minimum Gasteiger partial charge on any atom is -0.340 e. The smallest absolute Gasteiger partial charge is 0.244 e. The lowest BCUT2D eigenvalue weighted by molar-refractivity contribution is -0.135. The summed E-state index contributed by atoms with van der Waals surface area (Å²) in [6, 6.07) is 1.54. The molecule has 1 aliphatic rings. The summed E-state index contributed by atoms with van der Waals surface area (Å²) in [5.41, 5.74) is 0. The van der Waals surface area contributed by atoms with Gasteiger partial charge in [-0.05, 0) is 22.0 Å². The molecule has 116 valence electrons. The Morgan fingerprint density at radius 2 is 1.86 bits per heavy atom. The first-order valence-corrected chi connectivity index (χ1v) is 8.95. The van der Waals surface area contributed by atoms with E-state index in [4.69, 9.17) is 0 Å². The van der Waals surface area contributed by atoms with Crippen molar-refractivity contribution in [3.8, 4) is 0 Å². The van der Waals surface area contributed by atoms with Crippen molar-refractivity contribution in [1.29, 1.82) is 0 Å². The van der Waals surface area contributed by atoms with Gasteiger partial charge in [-0.2, -0.15) is 4.31 Å². The summed E-state index contributed by atoms with van der Waals surface area (Å²) in [7, 11) is -3.55. The highest BCUT2D eigenvalue weighted by atomic mass is 79.9. The quantitative estimate of drug-likeness (QED) is 0.798. The normalized spacial score (nSPS) is 17.2. The molecular formula is C13H18BrN3O3S. The van der Waals surface area contributed by atoms with E-state index in [1.54, 1.807) is 4.90 Å². The van der Waals surface area contributed by atoms with E-state index in [1.165, 1.54) is 22.8 Å². The average molecular weight is 376 g/mol. The van der Waals surface area contributed by atoms with E-state index in [9.17, 15) is 13.2 Å². The molecule has 0 aliphatic carbocycles. The van der Waals surface area contributed by atoms with Gasteiger partial charge in [0.1, 0.15) is 4.90 Å². The summed E-state index contributed by atoms with van der Waals surface area (Å²) in [5.74, 6) is -0.00129. The van der Waals surface area contributed by atoms with E-state index < -0.39 is 10.0 Å². The first-order chi connectivity index (χ1) is 9.82. The summed E-state index contributed by atoms with van der Waals surface area (Å²) in [5, 5.41) is 0. The Balaban J connectivity index is 2.10. The molecule has 0 bridgehead atoms. The van der Waals surface area contributed by atoms with Crippen LogP contribution in [0.1, 0.15) is 13.8 Å². The minimum atomic E-state index is -3.55. The number of pyridine rings is 1. The lowest BCUT2D eigenvalue weighted by atomic mass is 10.2. The Morgan fingerprint density at radius 3 is 2.38 bits per heavy atom. The standard InChI is InChI=1S/C13H18BrN3O3S/c1-10(2)13(18)16-3-5-17(6-4-16)21(19,20)12-7-11(14)8-15-9-12/h7-10H,3-6H2,1-2H3. The summed E-state index contributed by atoms with van der Waals surface area (Å²) in [6.07, 6.45) is 2.88. The van der Waals surface area contributed by atoms with E-state index in [-0.39, 0.29) is 16.7 Å². The number of hydrogen-bond acceptors (Lipinski definition) is 4. The zero-order chi connectivity index (χ0) is 15.6. The maximum absolute atomic E-state index is 12.5. The van der Waals surface area contributed by atoms with Gasteiger partial charge in [0.2, 0.25) is 15.9 Å². The molecule has 0 saturated carbocycles. The second-order valence-electron chi connectivity index (χ2n) is 5.22. The van der Waals surface area contributed by atoms with Gasteiger partial charge in [0.25, 0.3) is 0 Å². The zero-order valence-corrected chi connectivity index (χ0v) is 14.4. The van der Waals surface area contributed by atoms with Gasteiger partial charge in [-0.25, -0.2) is 8.42 Å². The van der Waals surface area contributed by atoms with Crippen LogP contribution in [0.5, 0.6) is 0 Å². The number of rotatable bonds is 3. The molecule has 0 N–H and O–H groups in total. The third-order valence-corrected chi connectivity index (χ3v) is 5.66. The average Bonchev–Trinajstić information content (AvgIpc) is 2.46. The molecule has 1 fully saturated rings. The van der Waals surface area contributed by atoms with Crippen LogP contribution in [-0.4, -0.2) is 54.7 Å². The molecular weight excluding hydrogens is 358 g/mol. The lowest BCUT2D eigenvalue weighted by Gasteiger charge is -2.34. The van der Waals surface area contributed by atoms with Crippen molar-refractivity contribution in [2.24, 2.45) is 5.92 Å². The van der Waals surface area contributed by atoms with E-state index in [1.807, 2.05) is 13.8 Å². The fourth-order valence-corrected chi connectivity index (χ4v) is 4.12. The molecule has 0 radical (unpaired) electrons. The molecule has 2 rings (SSSR count). The topological polar surface area (TPSA) is 70.6 Å². The van der Waals surface area contributed by atoms with Gasteiger partial charge in [-0.3, -0.25) is 9.78 Å². The fraction of sp³-hybridized carbons (Fsp3) is 0.538. The molecule has 6 nitrogen and oxygen atoms in total. The van der Waals surface area contributed by atoms with Crippen LogP contribution < -0.4 is 0 Å². The van der Waals surface area contributed by atoms with Gasteiger partial charge >= 0.3 is 0 Å². The number of sulfonamides is 1. The highest BCUT2D eigenvalue weighted by Gasteiger charge is 2.30. The van der Waals surface area contributed by atoms with Gasteiger partial charge in [-0.15, -0.1) is 0 Å². The molecule has 2 heterocycles. The first-order valence-electron chi connectivity index (χ1n) is 6.72. The van der Waals surface area contributed by atoms with Crippen molar-refractivity contribution in [3.63, 3.8) is 0 Å². The van der Waals surface area contributed by atoms with Crippen LogP contribution in [0.3, 0.4) is 0 Å². The molecule has 1 aromatic rings. The van der Waals surface area contributed by atoms with Crippen molar-refractivity contribution >= 4 is 31.9 Å². The van der Waals surface area contributed by atoms with Crippen molar-refractivity contribution in [3.05, 3.63) is 22.9 Å². The predicted molar refractivity (Wildman–Crippen MR) is 82.1 cm³/mol. The second kappa shape index (κ2) is 6.41. The van der Waals surface area contributed by atoms with Gasteiger partial charge in [0.05, 0.1) is 0 Å². The minimum absolute atomic E-state index is 0.0659. The SMILES string of the molecule is CC(C)C(=O)N1CCN(S(=O)(=O)c2cncc(Br)c2)CC1. The monoisotopic (exact) mass is 375 g/mol. The summed E-state index contributed by atoms with van der Waals surface area (Å²) < 4.78 is 27.0. The molecule has 1 amide bonds. The van der Waals surface area contributed by atoms with E-state index in [0.29, 0.717) is 30.7 Å². The number of aromatic nitrogens is 1. The van der Waals surface area contributed by atoms with E-state index >= 15 is 0 Å². The molecule has 1 saturated heterocycles. The molecule has 8 heteroatoms. The third-order valence-electron chi connectivity index (χ3n) is 3.36. The number of carbonyl (C=O) groups is 1. The molecule has 1 aromatic heterocycles. The van der Waals surface area contributed by atoms with Gasteiger partial charge in [-0.1, -0.05) is 13.8 Å². The van der Waals surface area contributed by atoms with Crippen LogP contribution in [0.25, 0.3) is 0 Å². The molecule has 21 heavy (non-hydrogen) atoms. The number of halogens is 1. The zero-order valence-electron chi connectivity index (χ0n) is 12.0. The van der Waals surface area contributed by atoms with Crippen LogP contribution in [-0.2, 0) is 14.8 Å². The molecule has 0 aromatic carbocycles. The van der Waals surface area contributed by atoms with Gasteiger partial charge in [0.15, 0.2) is 0 Å². The number of amides is 1. The van der Waals surface area contributed by atoms with Crippen molar-refractivity contribution in [2.45, 2.75) is 18.7 Å². The maximum atomic E-state index is 12.5. The van der Waals surface area contributed by atoms with Crippen molar-refractivity contribution in [2.75, 3.05) is 26.2 Å². The largest absolute Gasteiger partial charge is 0.340 e. The number of carbonyl (C=O) groups excluding carboxylic acids is 1. The van der Waals surface area contributed by atoms with E-state index in [2.05, 4.69) is 20.9 Å². The molecule has 0 unspecified atom stereocenters. The van der Waals surface area contributed by atoms with Gasteiger partial charge in [0, 0.05) is 49.0 Å². The Morgan fingerprint density at radius 1 is 1.24 bits per heavy atom. The fourth-order valence-electron chi connectivity index (χ4n) is 2.20. The first kappa shape index (κ1) is 16.4. The third kappa shape index (κ3) is 3.61. The van der Waals surface area contributed by atoms with Crippen molar-refractivity contribution in [1.82, 2.24) is 14.2 Å². The number of piperazine rings is 1.